The molecular weight excluding hydrogens is 586 g/mol. The van der Waals surface area contributed by atoms with E-state index in [1.54, 1.807) is 24.4 Å². The van der Waals surface area contributed by atoms with Gasteiger partial charge in [0.25, 0.3) is 5.92 Å². The molecule has 4 fully saturated rings. The quantitative estimate of drug-likeness (QED) is 0.178. The van der Waals surface area contributed by atoms with Crippen molar-refractivity contribution in [3.63, 3.8) is 0 Å². The molecule has 4 N–H and O–H groups in total. The maximum absolute atomic E-state index is 16.2. The molecule has 3 aromatic carbocycles. The lowest BCUT2D eigenvalue weighted by Gasteiger charge is -2.27. The zero-order chi connectivity index (χ0) is 30.6. The van der Waals surface area contributed by atoms with Crippen LogP contribution in [0.25, 0.3) is 44.5 Å². The number of hydrogen-bond donors (Lipinski definition) is 4. The van der Waals surface area contributed by atoms with Crippen LogP contribution in [-0.4, -0.2) is 51.5 Å². The molecule has 0 amide bonds. The number of fused-ring (bicyclic) bond motifs is 6. The highest BCUT2D eigenvalue weighted by atomic mass is 19.3. The van der Waals surface area contributed by atoms with E-state index in [4.69, 9.17) is 14.5 Å². The van der Waals surface area contributed by atoms with Gasteiger partial charge in [0.2, 0.25) is 0 Å². The van der Waals surface area contributed by atoms with Gasteiger partial charge in [0.05, 0.1) is 54.8 Å². The fourth-order valence-corrected chi connectivity index (χ4v) is 8.57. The van der Waals surface area contributed by atoms with Gasteiger partial charge in [0, 0.05) is 29.2 Å². The first kappa shape index (κ1) is 27.2. The Morgan fingerprint density at radius 1 is 0.783 bits per heavy atom. The summed E-state index contributed by atoms with van der Waals surface area (Å²) in [6, 6.07) is 17.5. The number of nitrogens with one attached hydrogen (secondary N) is 4. The van der Waals surface area contributed by atoms with E-state index >= 15 is 8.78 Å². The number of aromatic nitrogens is 4. The van der Waals surface area contributed by atoms with Gasteiger partial charge < -0.3 is 30.1 Å². The minimum atomic E-state index is -3.13. The van der Waals surface area contributed by atoms with Crippen LogP contribution in [-0.2, 0) is 15.4 Å². The third kappa shape index (κ3) is 4.17. The predicted molar refractivity (Wildman–Crippen MR) is 169 cm³/mol. The molecule has 5 heterocycles. The van der Waals surface area contributed by atoms with Gasteiger partial charge in [-0.15, -0.1) is 0 Å². The second-order valence-electron chi connectivity index (χ2n) is 13.7. The molecule has 2 bridgehead atoms. The molecule has 10 heteroatoms. The first-order valence-electron chi connectivity index (χ1n) is 16.4. The van der Waals surface area contributed by atoms with E-state index in [-0.39, 0.29) is 23.2 Å². The average Bonchev–Trinajstić information content (AvgIpc) is 3.93. The number of imidazole rings is 2. The standard InChI is InChI=1S/C36H34F2N6O2/c37-36(38)26-13-20(21-4-8-28-29(15-21)43-34(42-28)30-12-19-1-5-23(11-19)41-30)2-6-24(26)25-7-3-22(14-27(25)36)32-17-39-33(44-32)31-16-35(18-40-31)45-9-10-46-35/h2-4,6-8,13-15,17,19,23,30-31,40-41H,1,5,9-12,16,18H2,(H,39,44)(H,42,43)/t19?,23-,30?,31-/m1/s1. The number of ether oxygens (including phenoxy) is 2. The van der Waals surface area contributed by atoms with Crippen LogP contribution < -0.4 is 10.6 Å². The van der Waals surface area contributed by atoms with Crippen LogP contribution in [0.15, 0.2) is 60.8 Å². The highest BCUT2D eigenvalue weighted by Gasteiger charge is 2.46. The minimum Gasteiger partial charge on any atom is -0.346 e. The largest absolute Gasteiger partial charge is 0.346 e. The smallest absolute Gasteiger partial charge is 0.299 e. The summed E-state index contributed by atoms with van der Waals surface area (Å²) in [6.07, 6.45) is 7.27. The summed E-state index contributed by atoms with van der Waals surface area (Å²) in [5, 5.41) is 7.17. The summed E-state index contributed by atoms with van der Waals surface area (Å²) >= 11 is 0. The van der Waals surface area contributed by atoms with Crippen molar-refractivity contribution < 1.29 is 18.3 Å². The summed E-state index contributed by atoms with van der Waals surface area (Å²) < 4.78 is 44.0. The van der Waals surface area contributed by atoms with Crippen molar-refractivity contribution in [2.75, 3.05) is 19.8 Å². The number of H-pyrrole nitrogens is 2. The first-order chi connectivity index (χ1) is 22.4. The van der Waals surface area contributed by atoms with Crippen LogP contribution in [0.2, 0.25) is 0 Å². The predicted octanol–water partition coefficient (Wildman–Crippen LogP) is 6.72. The van der Waals surface area contributed by atoms with Crippen LogP contribution in [0.1, 0.15) is 67.0 Å². The Morgan fingerprint density at radius 3 is 2.37 bits per heavy atom. The number of halogens is 2. The molecule has 1 spiro atoms. The van der Waals surface area contributed by atoms with Crippen molar-refractivity contribution >= 4 is 11.0 Å². The average molecular weight is 621 g/mol. The molecule has 5 aromatic rings. The van der Waals surface area contributed by atoms with Gasteiger partial charge in [0.15, 0.2) is 5.79 Å². The number of piperidine rings is 1. The summed E-state index contributed by atoms with van der Waals surface area (Å²) in [5.74, 6) is -1.24. The number of hydrogen-bond acceptors (Lipinski definition) is 6. The third-order valence-corrected chi connectivity index (χ3v) is 10.9. The fraction of sp³-hybridized carbons (Fsp3) is 0.389. The second kappa shape index (κ2) is 9.78. The molecule has 8 nitrogen and oxygen atoms in total. The van der Waals surface area contributed by atoms with Crippen molar-refractivity contribution in [3.05, 3.63) is 83.6 Å². The molecule has 2 aliphatic carbocycles. The number of alkyl halides is 2. The molecule has 3 aliphatic heterocycles. The van der Waals surface area contributed by atoms with Crippen LogP contribution in [0, 0.1) is 5.92 Å². The summed E-state index contributed by atoms with van der Waals surface area (Å²) in [5.41, 5.74) is 6.02. The molecule has 10 rings (SSSR count). The maximum Gasteiger partial charge on any atom is 0.299 e. The molecule has 1 saturated carbocycles. The maximum atomic E-state index is 16.2. The van der Waals surface area contributed by atoms with E-state index in [0.29, 0.717) is 54.6 Å². The molecule has 46 heavy (non-hydrogen) atoms. The van der Waals surface area contributed by atoms with Gasteiger partial charge in [-0.1, -0.05) is 30.3 Å². The van der Waals surface area contributed by atoms with Gasteiger partial charge in [-0.3, -0.25) is 0 Å². The van der Waals surface area contributed by atoms with E-state index in [1.165, 1.54) is 19.3 Å². The number of aromatic amines is 2. The Morgan fingerprint density at radius 2 is 1.54 bits per heavy atom. The molecule has 4 atom stereocenters. The van der Waals surface area contributed by atoms with E-state index in [1.807, 2.05) is 36.4 Å². The van der Waals surface area contributed by atoms with Gasteiger partial charge in [-0.25, -0.2) is 9.97 Å². The molecule has 2 aromatic heterocycles. The molecule has 3 saturated heterocycles. The lowest BCUT2D eigenvalue weighted by molar-refractivity contribution is -0.141. The lowest BCUT2D eigenvalue weighted by atomic mass is 9.94. The van der Waals surface area contributed by atoms with Crippen molar-refractivity contribution in [2.45, 2.75) is 61.9 Å². The van der Waals surface area contributed by atoms with Crippen molar-refractivity contribution in [1.82, 2.24) is 30.6 Å². The fourth-order valence-electron chi connectivity index (χ4n) is 8.57. The Bertz CT molecular complexity index is 2000. The minimum absolute atomic E-state index is 0.0154. The van der Waals surface area contributed by atoms with E-state index in [0.717, 1.165) is 46.1 Å². The van der Waals surface area contributed by atoms with Crippen molar-refractivity contribution in [2.24, 2.45) is 5.92 Å². The monoisotopic (exact) mass is 620 g/mol. The van der Waals surface area contributed by atoms with Crippen LogP contribution in [0.4, 0.5) is 8.78 Å². The van der Waals surface area contributed by atoms with Gasteiger partial charge >= 0.3 is 0 Å². The van der Waals surface area contributed by atoms with Gasteiger partial charge in [0.1, 0.15) is 11.6 Å². The number of rotatable bonds is 4. The van der Waals surface area contributed by atoms with E-state index in [2.05, 4.69) is 25.6 Å². The summed E-state index contributed by atoms with van der Waals surface area (Å²) in [7, 11) is 0. The normalized spacial score (nSPS) is 27.1. The highest BCUT2D eigenvalue weighted by molar-refractivity contribution is 5.86. The topological polar surface area (TPSA) is 99.9 Å². The second-order valence-corrected chi connectivity index (χ2v) is 13.7. The first-order valence-corrected chi connectivity index (χ1v) is 16.4. The van der Waals surface area contributed by atoms with Crippen LogP contribution in [0.5, 0.6) is 0 Å². The Hall–Kier alpha value is -3.96. The number of nitrogens with zero attached hydrogens (tertiary/aromatic N) is 2. The molecule has 2 unspecified atom stereocenters. The highest BCUT2D eigenvalue weighted by Crippen LogP contribution is 2.53. The third-order valence-electron chi connectivity index (χ3n) is 10.9. The van der Waals surface area contributed by atoms with Crippen molar-refractivity contribution in [3.8, 4) is 33.5 Å². The zero-order valence-electron chi connectivity index (χ0n) is 25.2. The van der Waals surface area contributed by atoms with E-state index < -0.39 is 11.7 Å². The molecule has 0 radical (unpaired) electrons. The summed E-state index contributed by atoms with van der Waals surface area (Å²) in [6.45, 7) is 1.77. The Labute approximate surface area is 264 Å². The Balaban J connectivity index is 0.927. The van der Waals surface area contributed by atoms with Crippen LogP contribution in [0.3, 0.4) is 0 Å². The van der Waals surface area contributed by atoms with Crippen molar-refractivity contribution in [1.29, 1.82) is 0 Å². The van der Waals surface area contributed by atoms with Gasteiger partial charge in [-0.2, -0.15) is 8.78 Å². The SMILES string of the molecule is FC1(F)c2cc(-c3ccc4nc(C5CC6CC[C@H](C6)N5)[nH]c4c3)ccc2-c2ccc(-c3cnc([C@H]4CC5(CN4)OCCO5)[nH]3)cc21. The van der Waals surface area contributed by atoms with Gasteiger partial charge in [-0.05, 0) is 78.1 Å². The zero-order valence-corrected chi connectivity index (χ0v) is 25.2. The number of benzene rings is 3. The van der Waals surface area contributed by atoms with E-state index in [9.17, 15) is 0 Å². The lowest BCUT2D eigenvalue weighted by Crippen LogP contribution is -2.35. The molecule has 234 valence electrons. The molecule has 5 aliphatic rings. The van der Waals surface area contributed by atoms with Crippen LogP contribution >= 0.6 is 0 Å². The Kier molecular flexibility index (Phi) is 5.78. The molecular formula is C36H34F2N6O2. The summed E-state index contributed by atoms with van der Waals surface area (Å²) in [4.78, 5) is 16.4.